The van der Waals surface area contributed by atoms with Crippen molar-refractivity contribution in [1.29, 1.82) is 0 Å². The third-order valence-corrected chi connectivity index (χ3v) is 4.80. The number of hydrogen-bond acceptors (Lipinski definition) is 5. The van der Waals surface area contributed by atoms with Crippen molar-refractivity contribution in [2.75, 3.05) is 6.61 Å². The van der Waals surface area contributed by atoms with Crippen molar-refractivity contribution in [2.24, 2.45) is 0 Å². The summed E-state index contributed by atoms with van der Waals surface area (Å²) < 4.78 is 10.3. The summed E-state index contributed by atoms with van der Waals surface area (Å²) in [4.78, 5) is 12.6. The monoisotopic (exact) mass is 308 g/mol. The highest BCUT2D eigenvalue weighted by molar-refractivity contribution is 7.71. The first-order valence-electron chi connectivity index (χ1n) is 6.44. The highest BCUT2D eigenvalue weighted by Gasteiger charge is 2.20. The number of thiophene rings is 1. The fourth-order valence-electron chi connectivity index (χ4n) is 2.70. The normalized spacial score (nSPS) is 19.3. The van der Waals surface area contributed by atoms with E-state index in [4.69, 9.17) is 17.0 Å². The Morgan fingerprint density at radius 2 is 2.50 bits per heavy atom. The summed E-state index contributed by atoms with van der Waals surface area (Å²) in [6, 6.07) is 1.90. The molecule has 20 heavy (non-hydrogen) atoms. The van der Waals surface area contributed by atoms with Gasteiger partial charge >= 0.3 is 0 Å². The molecule has 1 saturated heterocycles. The van der Waals surface area contributed by atoms with E-state index in [0.29, 0.717) is 21.8 Å². The highest BCUT2D eigenvalue weighted by Crippen LogP contribution is 2.20. The Kier molecular flexibility index (Phi) is 2.76. The summed E-state index contributed by atoms with van der Waals surface area (Å²) in [6.45, 7) is 1.29. The first-order chi connectivity index (χ1) is 9.75. The molecule has 0 spiro atoms. The number of nitrogens with one attached hydrogen (secondary N) is 1. The Labute approximate surface area is 122 Å². The van der Waals surface area contributed by atoms with Gasteiger partial charge in [-0.3, -0.25) is 13.8 Å². The van der Waals surface area contributed by atoms with Crippen LogP contribution in [-0.2, 0) is 11.3 Å². The second-order valence-electron chi connectivity index (χ2n) is 4.85. The molecule has 0 bridgehead atoms. The van der Waals surface area contributed by atoms with Crippen LogP contribution in [0.1, 0.15) is 12.8 Å². The van der Waals surface area contributed by atoms with Crippen molar-refractivity contribution in [3.8, 4) is 0 Å². The van der Waals surface area contributed by atoms with Crippen LogP contribution in [0.15, 0.2) is 16.2 Å². The quantitative estimate of drug-likeness (QED) is 0.735. The van der Waals surface area contributed by atoms with Crippen LogP contribution >= 0.6 is 23.6 Å². The Morgan fingerprint density at radius 3 is 3.30 bits per heavy atom. The average Bonchev–Trinajstić information content (AvgIpc) is 3.14. The summed E-state index contributed by atoms with van der Waals surface area (Å²) >= 11 is 6.70. The molecule has 0 saturated carbocycles. The number of rotatable bonds is 2. The topological polar surface area (TPSA) is 64.3 Å². The van der Waals surface area contributed by atoms with E-state index in [1.54, 1.807) is 4.57 Å². The molecular weight excluding hydrogens is 296 g/mol. The van der Waals surface area contributed by atoms with Gasteiger partial charge in [0.2, 0.25) is 10.5 Å². The SMILES string of the molecule is O=c1c2sccc2n2c(=S)[nH]nc2n1CC1CCCO1. The van der Waals surface area contributed by atoms with E-state index in [9.17, 15) is 4.79 Å². The van der Waals surface area contributed by atoms with Crippen molar-refractivity contribution in [1.82, 2.24) is 19.2 Å². The van der Waals surface area contributed by atoms with Gasteiger partial charge in [-0.15, -0.1) is 16.4 Å². The minimum atomic E-state index is -0.0213. The molecule has 1 fully saturated rings. The second kappa shape index (κ2) is 4.51. The van der Waals surface area contributed by atoms with Crippen LogP contribution in [0, 0.1) is 4.77 Å². The molecule has 8 heteroatoms. The van der Waals surface area contributed by atoms with Gasteiger partial charge in [0.1, 0.15) is 4.70 Å². The summed E-state index contributed by atoms with van der Waals surface area (Å²) in [6.07, 6.45) is 2.11. The molecule has 6 nitrogen and oxygen atoms in total. The predicted octanol–water partition coefficient (Wildman–Crippen LogP) is 1.95. The molecule has 4 heterocycles. The van der Waals surface area contributed by atoms with Crippen LogP contribution in [0.4, 0.5) is 0 Å². The molecule has 1 aliphatic rings. The molecule has 1 atom stereocenters. The highest BCUT2D eigenvalue weighted by atomic mass is 32.1. The Balaban J connectivity index is 2.03. The molecule has 0 aromatic carbocycles. The van der Waals surface area contributed by atoms with Gasteiger partial charge < -0.3 is 4.74 Å². The average molecular weight is 308 g/mol. The molecule has 0 radical (unpaired) electrons. The summed E-state index contributed by atoms with van der Waals surface area (Å²) in [7, 11) is 0. The predicted molar refractivity (Wildman–Crippen MR) is 79.0 cm³/mol. The summed E-state index contributed by atoms with van der Waals surface area (Å²) in [5, 5.41) is 8.88. The zero-order valence-electron chi connectivity index (χ0n) is 10.5. The van der Waals surface area contributed by atoms with Gasteiger partial charge in [0.25, 0.3) is 5.56 Å². The molecule has 1 N–H and O–H groups in total. The minimum Gasteiger partial charge on any atom is -0.376 e. The number of ether oxygens (including phenoxy) is 1. The summed E-state index contributed by atoms with van der Waals surface area (Å²) in [5.74, 6) is 0.557. The molecular formula is C12H12N4O2S2. The van der Waals surface area contributed by atoms with Crippen molar-refractivity contribution in [2.45, 2.75) is 25.5 Å². The van der Waals surface area contributed by atoms with E-state index in [1.165, 1.54) is 11.3 Å². The van der Waals surface area contributed by atoms with E-state index in [1.807, 2.05) is 15.8 Å². The van der Waals surface area contributed by atoms with Crippen molar-refractivity contribution < 1.29 is 4.74 Å². The number of aromatic amines is 1. The fourth-order valence-corrected chi connectivity index (χ4v) is 3.75. The summed E-state index contributed by atoms with van der Waals surface area (Å²) in [5.41, 5.74) is 0.796. The Morgan fingerprint density at radius 1 is 1.60 bits per heavy atom. The van der Waals surface area contributed by atoms with E-state index < -0.39 is 0 Å². The number of fused-ring (bicyclic) bond motifs is 3. The molecule has 3 aromatic heterocycles. The standard InChI is InChI=1S/C12H12N4O2S2/c17-10-9-8(3-5-20-9)16-11(13-14-12(16)19)15(10)6-7-2-1-4-18-7/h3,5,7H,1-2,4,6H2,(H,14,19). The molecule has 1 unspecified atom stereocenters. The minimum absolute atomic E-state index is 0.0213. The lowest BCUT2D eigenvalue weighted by Crippen LogP contribution is -2.28. The third kappa shape index (κ3) is 1.68. The van der Waals surface area contributed by atoms with Crippen molar-refractivity contribution in [3.63, 3.8) is 0 Å². The van der Waals surface area contributed by atoms with Crippen LogP contribution in [0.25, 0.3) is 16.0 Å². The Bertz CT molecular complexity index is 898. The van der Waals surface area contributed by atoms with Crippen molar-refractivity contribution in [3.05, 3.63) is 26.6 Å². The number of nitrogens with zero attached hydrogens (tertiary/aromatic N) is 3. The van der Waals surface area contributed by atoms with E-state index in [0.717, 1.165) is 25.0 Å². The van der Waals surface area contributed by atoms with Gasteiger partial charge in [-0.25, -0.2) is 5.10 Å². The molecule has 3 aromatic rings. The lowest BCUT2D eigenvalue weighted by molar-refractivity contribution is 0.0969. The zero-order chi connectivity index (χ0) is 13.7. The maximum Gasteiger partial charge on any atom is 0.272 e. The second-order valence-corrected chi connectivity index (χ2v) is 6.15. The van der Waals surface area contributed by atoms with Crippen LogP contribution in [-0.4, -0.2) is 31.9 Å². The Hall–Kier alpha value is -1.51. The largest absolute Gasteiger partial charge is 0.376 e. The van der Waals surface area contributed by atoms with Gasteiger partial charge in [-0.2, -0.15) is 0 Å². The van der Waals surface area contributed by atoms with Gasteiger partial charge in [0.05, 0.1) is 18.2 Å². The van der Waals surface area contributed by atoms with Crippen LogP contribution in [0.5, 0.6) is 0 Å². The van der Waals surface area contributed by atoms with Crippen LogP contribution in [0.3, 0.4) is 0 Å². The molecule has 1 aliphatic heterocycles. The number of H-pyrrole nitrogens is 1. The molecule has 0 aliphatic carbocycles. The van der Waals surface area contributed by atoms with Crippen LogP contribution in [0.2, 0.25) is 0 Å². The molecule has 104 valence electrons. The first-order valence-corrected chi connectivity index (χ1v) is 7.73. The van der Waals surface area contributed by atoms with Gasteiger partial charge in [0.15, 0.2) is 0 Å². The third-order valence-electron chi connectivity index (χ3n) is 3.63. The number of hydrogen-bond donors (Lipinski definition) is 1. The zero-order valence-corrected chi connectivity index (χ0v) is 12.2. The maximum atomic E-state index is 12.6. The maximum absolute atomic E-state index is 12.6. The van der Waals surface area contributed by atoms with Gasteiger partial charge in [0, 0.05) is 6.61 Å². The van der Waals surface area contributed by atoms with E-state index >= 15 is 0 Å². The molecule has 4 rings (SSSR count). The first kappa shape index (κ1) is 12.2. The number of aromatic nitrogens is 4. The fraction of sp³-hybridized carbons (Fsp3) is 0.417. The van der Waals surface area contributed by atoms with E-state index in [-0.39, 0.29) is 11.7 Å². The lowest BCUT2D eigenvalue weighted by Gasteiger charge is -2.12. The molecule has 0 amide bonds. The van der Waals surface area contributed by atoms with Crippen LogP contribution < -0.4 is 5.56 Å². The van der Waals surface area contributed by atoms with Crippen molar-refractivity contribution >= 4 is 39.5 Å². The lowest BCUT2D eigenvalue weighted by atomic mass is 10.2. The van der Waals surface area contributed by atoms with Gasteiger partial charge in [-0.1, -0.05) is 0 Å². The smallest absolute Gasteiger partial charge is 0.272 e. The van der Waals surface area contributed by atoms with E-state index in [2.05, 4.69) is 10.2 Å². The van der Waals surface area contributed by atoms with Gasteiger partial charge in [-0.05, 0) is 36.5 Å².